The molecule has 0 aliphatic carbocycles. The van der Waals surface area contributed by atoms with Gasteiger partial charge in [0.2, 0.25) is 0 Å². The number of hydrazine groups is 1. The van der Waals surface area contributed by atoms with Crippen molar-refractivity contribution in [2.45, 2.75) is 39.7 Å². The molecule has 0 aromatic carbocycles. The zero-order valence-corrected chi connectivity index (χ0v) is 9.22. The first-order valence-corrected chi connectivity index (χ1v) is 5.14. The molecule has 4 nitrogen and oxygen atoms in total. The van der Waals surface area contributed by atoms with Crippen molar-refractivity contribution in [1.29, 1.82) is 0 Å². The number of ether oxygens (including phenoxy) is 1. The monoisotopic (exact) mass is 200 g/mol. The van der Waals surface area contributed by atoms with Crippen molar-refractivity contribution in [1.82, 2.24) is 10.9 Å². The first-order chi connectivity index (χ1) is 6.49. The highest BCUT2D eigenvalue weighted by atomic mass is 16.5. The SMILES string of the molecule is CC(C)(C)COC(=O)[C@@H]1CCCNN1. The van der Waals surface area contributed by atoms with E-state index in [4.69, 9.17) is 4.74 Å². The lowest BCUT2D eigenvalue weighted by atomic mass is 9.98. The van der Waals surface area contributed by atoms with Gasteiger partial charge in [-0.3, -0.25) is 10.2 Å². The minimum Gasteiger partial charge on any atom is -0.464 e. The smallest absolute Gasteiger partial charge is 0.324 e. The highest BCUT2D eigenvalue weighted by Crippen LogP contribution is 2.14. The Hall–Kier alpha value is -0.610. The van der Waals surface area contributed by atoms with Crippen molar-refractivity contribution in [2.75, 3.05) is 13.2 Å². The van der Waals surface area contributed by atoms with Crippen LogP contribution in [0, 0.1) is 5.41 Å². The van der Waals surface area contributed by atoms with E-state index in [0.29, 0.717) is 6.61 Å². The molecule has 2 N–H and O–H groups in total. The number of esters is 1. The maximum atomic E-state index is 11.5. The Bertz CT molecular complexity index is 193. The fourth-order valence-electron chi connectivity index (χ4n) is 1.23. The summed E-state index contributed by atoms with van der Waals surface area (Å²) in [6.07, 6.45) is 1.87. The topological polar surface area (TPSA) is 50.4 Å². The number of hydrogen-bond donors (Lipinski definition) is 2. The van der Waals surface area contributed by atoms with Crippen LogP contribution < -0.4 is 10.9 Å². The standard InChI is InChI=1S/C10H20N2O2/c1-10(2,3)7-14-9(13)8-5-4-6-11-12-8/h8,11-12H,4-7H2,1-3H3/t8-/m0/s1. The molecular weight excluding hydrogens is 180 g/mol. The van der Waals surface area contributed by atoms with Gasteiger partial charge in [0.1, 0.15) is 6.04 Å². The molecule has 14 heavy (non-hydrogen) atoms. The second-order valence-corrected chi connectivity index (χ2v) is 4.93. The molecule has 1 fully saturated rings. The third-order valence-electron chi connectivity index (χ3n) is 2.00. The van der Waals surface area contributed by atoms with Crippen molar-refractivity contribution in [3.05, 3.63) is 0 Å². The predicted octanol–water partition coefficient (Wildman–Crippen LogP) is 0.832. The van der Waals surface area contributed by atoms with E-state index in [2.05, 4.69) is 10.9 Å². The molecule has 1 saturated heterocycles. The molecule has 0 bridgehead atoms. The maximum Gasteiger partial charge on any atom is 0.324 e. The normalized spacial score (nSPS) is 23.2. The summed E-state index contributed by atoms with van der Waals surface area (Å²) in [6.45, 7) is 7.54. The summed E-state index contributed by atoms with van der Waals surface area (Å²) in [4.78, 5) is 11.5. The van der Waals surface area contributed by atoms with Crippen LogP contribution in [0.5, 0.6) is 0 Å². The summed E-state index contributed by atoms with van der Waals surface area (Å²) >= 11 is 0. The van der Waals surface area contributed by atoms with Crippen molar-refractivity contribution in [2.24, 2.45) is 5.41 Å². The molecular formula is C10H20N2O2. The van der Waals surface area contributed by atoms with Crippen LogP contribution in [0.3, 0.4) is 0 Å². The summed E-state index contributed by atoms with van der Waals surface area (Å²) < 4.78 is 5.20. The first-order valence-electron chi connectivity index (χ1n) is 5.14. The third kappa shape index (κ3) is 4.07. The summed E-state index contributed by atoms with van der Waals surface area (Å²) in [7, 11) is 0. The van der Waals surface area contributed by atoms with Gasteiger partial charge in [-0.15, -0.1) is 0 Å². The van der Waals surface area contributed by atoms with E-state index < -0.39 is 0 Å². The molecule has 0 radical (unpaired) electrons. The van der Waals surface area contributed by atoms with E-state index in [0.717, 1.165) is 19.4 Å². The van der Waals surface area contributed by atoms with Gasteiger partial charge in [-0.25, -0.2) is 5.43 Å². The number of carbonyl (C=O) groups excluding carboxylic acids is 1. The van der Waals surface area contributed by atoms with Gasteiger partial charge in [0.15, 0.2) is 0 Å². The zero-order valence-electron chi connectivity index (χ0n) is 9.22. The summed E-state index contributed by atoms with van der Waals surface area (Å²) in [5.74, 6) is -0.146. The van der Waals surface area contributed by atoms with Crippen LogP contribution in [0.4, 0.5) is 0 Å². The molecule has 0 aromatic heterocycles. The lowest BCUT2D eigenvalue weighted by molar-refractivity contribution is -0.150. The van der Waals surface area contributed by atoms with E-state index in [1.165, 1.54) is 0 Å². The lowest BCUT2D eigenvalue weighted by Crippen LogP contribution is -2.50. The van der Waals surface area contributed by atoms with E-state index in [1.807, 2.05) is 20.8 Å². The Labute approximate surface area is 85.4 Å². The fourth-order valence-corrected chi connectivity index (χ4v) is 1.23. The predicted molar refractivity (Wildman–Crippen MR) is 54.6 cm³/mol. The Kier molecular flexibility index (Phi) is 3.89. The number of carbonyl (C=O) groups is 1. The molecule has 4 heteroatoms. The van der Waals surface area contributed by atoms with Gasteiger partial charge in [0, 0.05) is 6.54 Å². The number of hydrogen-bond acceptors (Lipinski definition) is 4. The molecule has 1 aliphatic heterocycles. The van der Waals surface area contributed by atoms with Crippen molar-refractivity contribution in [3.63, 3.8) is 0 Å². The molecule has 82 valence electrons. The van der Waals surface area contributed by atoms with E-state index >= 15 is 0 Å². The molecule has 0 amide bonds. The second kappa shape index (κ2) is 4.75. The van der Waals surface area contributed by atoms with Crippen LogP contribution in [0.15, 0.2) is 0 Å². The second-order valence-electron chi connectivity index (χ2n) is 4.93. The average molecular weight is 200 g/mol. The third-order valence-corrected chi connectivity index (χ3v) is 2.00. The van der Waals surface area contributed by atoms with Crippen molar-refractivity contribution < 1.29 is 9.53 Å². The van der Waals surface area contributed by atoms with E-state index in [-0.39, 0.29) is 17.4 Å². The summed E-state index contributed by atoms with van der Waals surface area (Å²) in [6, 6.07) is -0.175. The minimum atomic E-state index is -0.175. The highest BCUT2D eigenvalue weighted by Gasteiger charge is 2.23. The first kappa shape index (κ1) is 11.5. The zero-order chi connectivity index (χ0) is 10.6. The van der Waals surface area contributed by atoms with E-state index in [9.17, 15) is 4.79 Å². The van der Waals surface area contributed by atoms with Gasteiger partial charge < -0.3 is 4.74 Å². The fraction of sp³-hybridized carbons (Fsp3) is 0.900. The number of nitrogens with one attached hydrogen (secondary N) is 2. The highest BCUT2D eigenvalue weighted by molar-refractivity contribution is 5.75. The molecule has 0 aromatic rings. The van der Waals surface area contributed by atoms with Gasteiger partial charge in [0.05, 0.1) is 6.61 Å². The number of rotatable bonds is 2. The molecule has 1 rings (SSSR count). The van der Waals surface area contributed by atoms with Gasteiger partial charge in [-0.2, -0.15) is 0 Å². The lowest BCUT2D eigenvalue weighted by Gasteiger charge is -2.25. The molecule has 1 heterocycles. The van der Waals surface area contributed by atoms with E-state index in [1.54, 1.807) is 0 Å². The molecule has 0 spiro atoms. The Morgan fingerprint density at radius 1 is 1.50 bits per heavy atom. The maximum absolute atomic E-state index is 11.5. The van der Waals surface area contributed by atoms with Crippen molar-refractivity contribution in [3.8, 4) is 0 Å². The molecule has 0 unspecified atom stereocenters. The van der Waals surface area contributed by atoms with Crippen LogP contribution in [0.25, 0.3) is 0 Å². The Morgan fingerprint density at radius 3 is 2.71 bits per heavy atom. The molecule has 0 saturated carbocycles. The Balaban J connectivity index is 2.27. The summed E-state index contributed by atoms with van der Waals surface area (Å²) in [5, 5.41) is 0. The van der Waals surface area contributed by atoms with Gasteiger partial charge in [0.25, 0.3) is 0 Å². The molecule has 1 atom stereocenters. The quantitative estimate of drug-likeness (QED) is 0.648. The minimum absolute atomic E-state index is 0.0394. The van der Waals surface area contributed by atoms with Crippen LogP contribution in [0.2, 0.25) is 0 Å². The van der Waals surface area contributed by atoms with Crippen LogP contribution >= 0.6 is 0 Å². The van der Waals surface area contributed by atoms with Gasteiger partial charge in [-0.1, -0.05) is 20.8 Å². The van der Waals surface area contributed by atoms with Gasteiger partial charge in [-0.05, 0) is 18.3 Å². The molecule has 1 aliphatic rings. The van der Waals surface area contributed by atoms with Crippen LogP contribution in [0.1, 0.15) is 33.6 Å². The average Bonchev–Trinajstić information content (AvgIpc) is 2.14. The largest absolute Gasteiger partial charge is 0.464 e. The summed E-state index contributed by atoms with van der Waals surface area (Å²) in [5.41, 5.74) is 5.93. The van der Waals surface area contributed by atoms with Gasteiger partial charge >= 0.3 is 5.97 Å². The Morgan fingerprint density at radius 2 is 2.21 bits per heavy atom. The van der Waals surface area contributed by atoms with Crippen LogP contribution in [-0.2, 0) is 9.53 Å². The van der Waals surface area contributed by atoms with Crippen molar-refractivity contribution >= 4 is 5.97 Å². The van der Waals surface area contributed by atoms with Crippen LogP contribution in [-0.4, -0.2) is 25.2 Å².